The summed E-state index contributed by atoms with van der Waals surface area (Å²) >= 11 is 0. The standard InChI is InChI=1S/C13H18N4O2S/c14-7-5-11-17(12-13-6-1-2-8-15-13)20(18,19)16-9-3-4-10-16/h1-2,6,8H,3-5,9-12H2. The van der Waals surface area contributed by atoms with E-state index in [4.69, 9.17) is 5.26 Å². The second kappa shape index (κ2) is 6.79. The predicted molar refractivity (Wildman–Crippen MR) is 74.6 cm³/mol. The minimum absolute atomic E-state index is 0.180. The van der Waals surface area contributed by atoms with Gasteiger partial charge >= 0.3 is 0 Å². The van der Waals surface area contributed by atoms with E-state index in [9.17, 15) is 8.42 Å². The Morgan fingerprint density at radius 2 is 2.10 bits per heavy atom. The number of hydrogen-bond acceptors (Lipinski definition) is 4. The van der Waals surface area contributed by atoms with E-state index in [0.29, 0.717) is 18.8 Å². The fourth-order valence-electron chi connectivity index (χ4n) is 2.21. The van der Waals surface area contributed by atoms with Gasteiger partial charge in [-0.25, -0.2) is 0 Å². The topological polar surface area (TPSA) is 77.3 Å². The summed E-state index contributed by atoms with van der Waals surface area (Å²) in [5, 5.41) is 8.71. The van der Waals surface area contributed by atoms with Crippen LogP contribution < -0.4 is 0 Å². The van der Waals surface area contributed by atoms with Gasteiger partial charge in [-0.2, -0.15) is 22.3 Å². The summed E-state index contributed by atoms with van der Waals surface area (Å²) in [5.74, 6) is 0. The van der Waals surface area contributed by atoms with E-state index in [0.717, 1.165) is 12.8 Å². The van der Waals surface area contributed by atoms with Crippen molar-refractivity contribution in [3.8, 4) is 6.07 Å². The molecule has 0 saturated carbocycles. The Morgan fingerprint density at radius 3 is 2.70 bits per heavy atom. The van der Waals surface area contributed by atoms with E-state index in [1.807, 2.05) is 12.1 Å². The lowest BCUT2D eigenvalue weighted by molar-refractivity contribution is 0.357. The van der Waals surface area contributed by atoms with E-state index >= 15 is 0 Å². The lowest BCUT2D eigenvalue weighted by atomic mass is 10.3. The van der Waals surface area contributed by atoms with Gasteiger partial charge in [-0.3, -0.25) is 4.98 Å². The number of nitrogens with zero attached hydrogens (tertiary/aromatic N) is 4. The van der Waals surface area contributed by atoms with Gasteiger partial charge in [-0.05, 0) is 25.0 Å². The van der Waals surface area contributed by atoms with Crippen molar-refractivity contribution in [3.63, 3.8) is 0 Å². The van der Waals surface area contributed by atoms with Crippen LogP contribution >= 0.6 is 0 Å². The number of rotatable bonds is 6. The summed E-state index contributed by atoms with van der Waals surface area (Å²) in [7, 11) is -3.50. The molecule has 1 aliphatic heterocycles. The highest BCUT2D eigenvalue weighted by molar-refractivity contribution is 7.86. The normalized spacial score (nSPS) is 16.4. The molecule has 1 aromatic rings. The Balaban J connectivity index is 2.16. The minimum Gasteiger partial charge on any atom is -0.260 e. The van der Waals surface area contributed by atoms with Gasteiger partial charge in [0.15, 0.2) is 0 Å². The zero-order chi connectivity index (χ0) is 14.4. The molecule has 0 bridgehead atoms. The van der Waals surface area contributed by atoms with Crippen LogP contribution in [0.5, 0.6) is 0 Å². The number of aromatic nitrogens is 1. The Bertz CT molecular complexity index is 562. The molecule has 1 aliphatic rings. The first kappa shape index (κ1) is 14.9. The molecule has 6 nitrogen and oxygen atoms in total. The van der Waals surface area contributed by atoms with Gasteiger partial charge in [0.2, 0.25) is 0 Å². The van der Waals surface area contributed by atoms with Crippen molar-refractivity contribution in [2.75, 3.05) is 19.6 Å². The molecule has 0 spiro atoms. The molecule has 0 N–H and O–H groups in total. The third-order valence-electron chi connectivity index (χ3n) is 3.26. The summed E-state index contributed by atoms with van der Waals surface area (Å²) in [6.45, 7) is 1.54. The summed E-state index contributed by atoms with van der Waals surface area (Å²) in [5.41, 5.74) is 0.688. The van der Waals surface area contributed by atoms with E-state index in [1.54, 1.807) is 18.3 Å². The molecule has 0 aliphatic carbocycles. The molecule has 0 atom stereocenters. The monoisotopic (exact) mass is 294 g/mol. The third kappa shape index (κ3) is 3.54. The average molecular weight is 294 g/mol. The summed E-state index contributed by atoms with van der Waals surface area (Å²) in [4.78, 5) is 4.16. The molecule has 2 rings (SSSR count). The van der Waals surface area contributed by atoms with Crippen molar-refractivity contribution < 1.29 is 8.42 Å². The van der Waals surface area contributed by atoms with Crippen LogP contribution in [-0.4, -0.2) is 41.6 Å². The quantitative estimate of drug-likeness (QED) is 0.788. The lowest BCUT2D eigenvalue weighted by Gasteiger charge is -2.26. The lowest BCUT2D eigenvalue weighted by Crippen LogP contribution is -2.42. The summed E-state index contributed by atoms with van der Waals surface area (Å²) in [6, 6.07) is 7.41. The number of nitriles is 1. The highest BCUT2D eigenvalue weighted by atomic mass is 32.2. The van der Waals surface area contributed by atoms with Gasteiger partial charge < -0.3 is 0 Å². The van der Waals surface area contributed by atoms with Gasteiger partial charge in [0.1, 0.15) is 0 Å². The first-order chi connectivity index (χ1) is 9.64. The molecule has 0 aromatic carbocycles. The number of hydrogen-bond donors (Lipinski definition) is 0. The highest BCUT2D eigenvalue weighted by Crippen LogP contribution is 2.18. The van der Waals surface area contributed by atoms with Crippen LogP contribution in [0, 0.1) is 11.3 Å². The maximum Gasteiger partial charge on any atom is 0.282 e. The van der Waals surface area contributed by atoms with Gasteiger partial charge in [0.25, 0.3) is 10.2 Å². The average Bonchev–Trinajstić information content (AvgIpc) is 2.99. The molecular weight excluding hydrogens is 276 g/mol. The fourth-order valence-corrected chi connectivity index (χ4v) is 3.87. The van der Waals surface area contributed by atoms with Gasteiger partial charge in [-0.15, -0.1) is 0 Å². The van der Waals surface area contributed by atoms with Crippen molar-refractivity contribution in [3.05, 3.63) is 30.1 Å². The predicted octanol–water partition coefficient (Wildman–Crippen LogP) is 1.14. The maximum absolute atomic E-state index is 12.6. The second-order valence-electron chi connectivity index (χ2n) is 4.68. The van der Waals surface area contributed by atoms with E-state index in [-0.39, 0.29) is 19.5 Å². The van der Waals surface area contributed by atoms with Crippen molar-refractivity contribution in [2.24, 2.45) is 0 Å². The molecule has 1 fully saturated rings. The smallest absolute Gasteiger partial charge is 0.260 e. The van der Waals surface area contributed by atoms with Crippen LogP contribution in [0.25, 0.3) is 0 Å². The fraction of sp³-hybridized carbons (Fsp3) is 0.538. The van der Waals surface area contributed by atoms with E-state index in [1.165, 1.54) is 8.61 Å². The molecule has 2 heterocycles. The van der Waals surface area contributed by atoms with Gasteiger partial charge in [-0.1, -0.05) is 6.07 Å². The Morgan fingerprint density at radius 1 is 1.35 bits per heavy atom. The second-order valence-corrected chi connectivity index (χ2v) is 6.61. The largest absolute Gasteiger partial charge is 0.282 e. The first-order valence-electron chi connectivity index (χ1n) is 6.66. The van der Waals surface area contributed by atoms with Crippen LogP contribution in [0.2, 0.25) is 0 Å². The Hall–Kier alpha value is -1.49. The maximum atomic E-state index is 12.6. The van der Waals surface area contributed by atoms with Crippen LogP contribution in [0.4, 0.5) is 0 Å². The molecule has 108 valence electrons. The zero-order valence-electron chi connectivity index (χ0n) is 11.3. The van der Waals surface area contributed by atoms with Crippen molar-refractivity contribution >= 4 is 10.2 Å². The molecule has 1 saturated heterocycles. The van der Waals surface area contributed by atoms with Crippen LogP contribution in [-0.2, 0) is 16.8 Å². The first-order valence-corrected chi connectivity index (χ1v) is 8.06. The molecule has 1 aromatic heterocycles. The van der Waals surface area contributed by atoms with Crippen LogP contribution in [0.1, 0.15) is 25.0 Å². The summed E-state index contributed by atoms with van der Waals surface area (Å²) < 4.78 is 28.0. The van der Waals surface area contributed by atoms with E-state index < -0.39 is 10.2 Å². The van der Waals surface area contributed by atoms with Crippen molar-refractivity contribution in [1.82, 2.24) is 13.6 Å². The highest BCUT2D eigenvalue weighted by Gasteiger charge is 2.31. The zero-order valence-corrected chi connectivity index (χ0v) is 12.1. The molecule has 0 amide bonds. The Labute approximate surface area is 119 Å². The SMILES string of the molecule is N#CCCN(Cc1ccccn1)S(=O)(=O)N1CCCC1. The van der Waals surface area contributed by atoms with Crippen LogP contribution in [0.3, 0.4) is 0 Å². The van der Waals surface area contributed by atoms with Crippen molar-refractivity contribution in [2.45, 2.75) is 25.8 Å². The minimum atomic E-state index is -3.50. The van der Waals surface area contributed by atoms with Gasteiger partial charge in [0, 0.05) is 32.3 Å². The van der Waals surface area contributed by atoms with E-state index in [2.05, 4.69) is 4.98 Å². The Kier molecular flexibility index (Phi) is 5.06. The molecule has 20 heavy (non-hydrogen) atoms. The van der Waals surface area contributed by atoms with Crippen molar-refractivity contribution in [1.29, 1.82) is 5.26 Å². The molecule has 7 heteroatoms. The summed E-state index contributed by atoms with van der Waals surface area (Å²) in [6.07, 6.45) is 3.62. The third-order valence-corrected chi connectivity index (χ3v) is 5.24. The molecule has 0 unspecified atom stereocenters. The molecular formula is C13H18N4O2S. The number of pyridine rings is 1. The molecule has 0 radical (unpaired) electrons. The van der Waals surface area contributed by atoms with Crippen LogP contribution in [0.15, 0.2) is 24.4 Å². The van der Waals surface area contributed by atoms with Gasteiger partial charge in [0.05, 0.1) is 18.3 Å².